The van der Waals surface area contributed by atoms with E-state index in [1.54, 1.807) is 41.9 Å². The molecule has 3 aromatic rings. The number of aromatic nitrogens is 1. The van der Waals surface area contributed by atoms with E-state index >= 15 is 0 Å². The van der Waals surface area contributed by atoms with Gasteiger partial charge in [0.05, 0.1) is 17.6 Å². The van der Waals surface area contributed by atoms with Gasteiger partial charge in [0.25, 0.3) is 0 Å². The number of sulfonamides is 1. The fourth-order valence-corrected chi connectivity index (χ4v) is 4.00. The molecule has 22 heavy (non-hydrogen) atoms. The van der Waals surface area contributed by atoms with Crippen molar-refractivity contribution in [2.24, 2.45) is 0 Å². The fraction of sp³-hybridized carbons (Fsp3) is 0.133. The lowest BCUT2D eigenvalue weighted by atomic mass is 10.1. The second-order valence-electron chi connectivity index (χ2n) is 4.83. The zero-order chi connectivity index (χ0) is 15.7. The molecule has 4 nitrogen and oxygen atoms in total. The second-order valence-corrected chi connectivity index (χ2v) is 8.48. The third-order valence-corrected chi connectivity index (χ3v) is 6.08. The summed E-state index contributed by atoms with van der Waals surface area (Å²) in [5.41, 5.74) is 3.65. The Balaban J connectivity index is 1.88. The van der Waals surface area contributed by atoms with Crippen LogP contribution in [0.1, 0.15) is 0 Å². The van der Waals surface area contributed by atoms with Crippen molar-refractivity contribution in [1.29, 1.82) is 0 Å². The number of hydrogen-bond acceptors (Lipinski definition) is 5. The van der Waals surface area contributed by atoms with E-state index in [0.717, 1.165) is 21.8 Å². The number of thiazole rings is 1. The summed E-state index contributed by atoms with van der Waals surface area (Å²) < 4.78 is 24.3. The van der Waals surface area contributed by atoms with Gasteiger partial charge in [0.2, 0.25) is 10.0 Å². The molecule has 0 amide bonds. The van der Waals surface area contributed by atoms with Gasteiger partial charge in [-0.2, -0.15) is 11.3 Å². The van der Waals surface area contributed by atoms with Crippen molar-refractivity contribution in [2.45, 2.75) is 0 Å². The summed E-state index contributed by atoms with van der Waals surface area (Å²) in [6, 6.07) is 9.42. The highest BCUT2D eigenvalue weighted by Gasteiger charge is 2.12. The maximum absolute atomic E-state index is 11.5. The number of hydrogen-bond donors (Lipinski definition) is 0. The molecule has 3 rings (SSSR count). The van der Waals surface area contributed by atoms with Crippen LogP contribution in [0, 0.1) is 0 Å². The molecule has 2 aromatic heterocycles. The molecular formula is C15H14N2O2S3. The number of thiophene rings is 1. The van der Waals surface area contributed by atoms with Gasteiger partial charge in [-0.25, -0.2) is 13.4 Å². The molecule has 0 aliphatic carbocycles. The van der Waals surface area contributed by atoms with Crippen LogP contribution in [0.15, 0.2) is 46.5 Å². The molecule has 0 saturated carbocycles. The number of anilines is 1. The van der Waals surface area contributed by atoms with Crippen LogP contribution in [0.3, 0.4) is 0 Å². The molecule has 0 bridgehead atoms. The zero-order valence-corrected chi connectivity index (χ0v) is 14.5. The maximum atomic E-state index is 11.5. The highest BCUT2D eigenvalue weighted by molar-refractivity contribution is 7.92. The summed E-state index contributed by atoms with van der Waals surface area (Å²) in [4.78, 5) is 4.64. The Morgan fingerprint density at radius 2 is 1.77 bits per heavy atom. The Kier molecular flexibility index (Phi) is 4.03. The first-order valence-corrected chi connectivity index (χ1v) is 10.1. The van der Waals surface area contributed by atoms with Crippen molar-refractivity contribution in [1.82, 2.24) is 4.98 Å². The van der Waals surface area contributed by atoms with Crippen LogP contribution in [-0.4, -0.2) is 26.7 Å². The molecule has 0 aliphatic rings. The molecule has 0 radical (unpaired) electrons. The minimum absolute atomic E-state index is 0.638. The fourth-order valence-electron chi connectivity index (χ4n) is 1.96. The summed E-state index contributed by atoms with van der Waals surface area (Å²) in [5.74, 6) is 0. The summed E-state index contributed by atoms with van der Waals surface area (Å²) in [7, 11) is -1.69. The lowest BCUT2D eigenvalue weighted by Gasteiger charge is -2.16. The Bertz CT molecular complexity index is 866. The van der Waals surface area contributed by atoms with Crippen molar-refractivity contribution < 1.29 is 8.42 Å². The highest BCUT2D eigenvalue weighted by atomic mass is 32.2. The van der Waals surface area contributed by atoms with E-state index in [9.17, 15) is 8.42 Å². The van der Waals surface area contributed by atoms with Gasteiger partial charge in [-0.3, -0.25) is 4.31 Å². The van der Waals surface area contributed by atoms with Gasteiger partial charge >= 0.3 is 0 Å². The van der Waals surface area contributed by atoms with E-state index in [0.29, 0.717) is 5.69 Å². The van der Waals surface area contributed by atoms with Gasteiger partial charge in [-0.15, -0.1) is 11.3 Å². The van der Waals surface area contributed by atoms with Gasteiger partial charge in [-0.1, -0.05) is 12.1 Å². The molecule has 0 aliphatic heterocycles. The van der Waals surface area contributed by atoms with E-state index in [2.05, 4.69) is 16.4 Å². The van der Waals surface area contributed by atoms with Crippen molar-refractivity contribution in [3.05, 3.63) is 46.5 Å². The normalized spacial score (nSPS) is 11.5. The van der Waals surface area contributed by atoms with Crippen LogP contribution in [0.2, 0.25) is 0 Å². The van der Waals surface area contributed by atoms with Gasteiger partial charge in [-0.05, 0) is 23.6 Å². The number of benzene rings is 1. The Morgan fingerprint density at radius 3 is 2.36 bits per heavy atom. The first kappa shape index (κ1) is 15.2. The van der Waals surface area contributed by atoms with E-state index in [1.807, 2.05) is 22.9 Å². The maximum Gasteiger partial charge on any atom is 0.231 e. The SMILES string of the molecule is CN(c1ccc(-c2csc(-c3ccsc3)n2)cc1)S(C)(=O)=O. The Hall–Kier alpha value is -1.70. The van der Waals surface area contributed by atoms with Crippen LogP contribution in [-0.2, 0) is 10.0 Å². The molecule has 0 fully saturated rings. The second kappa shape index (κ2) is 5.83. The summed E-state index contributed by atoms with van der Waals surface area (Å²) in [5, 5.41) is 7.12. The van der Waals surface area contributed by atoms with Gasteiger partial charge < -0.3 is 0 Å². The topological polar surface area (TPSA) is 50.3 Å². The number of nitrogens with zero attached hydrogens (tertiary/aromatic N) is 2. The molecule has 0 atom stereocenters. The van der Waals surface area contributed by atoms with Crippen LogP contribution in [0.4, 0.5) is 5.69 Å². The van der Waals surface area contributed by atoms with Crippen molar-refractivity contribution in [3.63, 3.8) is 0 Å². The van der Waals surface area contributed by atoms with Crippen LogP contribution in [0.25, 0.3) is 21.8 Å². The minimum Gasteiger partial charge on any atom is -0.274 e. The first-order chi connectivity index (χ1) is 10.4. The van der Waals surface area contributed by atoms with E-state index in [4.69, 9.17) is 0 Å². The molecule has 0 saturated heterocycles. The third kappa shape index (κ3) is 3.06. The molecule has 0 spiro atoms. The predicted octanol–water partition coefficient (Wildman–Crippen LogP) is 3.93. The molecule has 7 heteroatoms. The molecule has 1 aromatic carbocycles. The summed E-state index contributed by atoms with van der Waals surface area (Å²) in [6.07, 6.45) is 1.19. The lowest BCUT2D eigenvalue weighted by Crippen LogP contribution is -2.24. The van der Waals surface area contributed by atoms with Crippen LogP contribution < -0.4 is 4.31 Å². The molecule has 114 valence electrons. The largest absolute Gasteiger partial charge is 0.274 e. The number of rotatable bonds is 4. The predicted molar refractivity (Wildman–Crippen MR) is 94.1 cm³/mol. The van der Waals surface area contributed by atoms with Gasteiger partial charge in [0, 0.05) is 28.9 Å². The lowest BCUT2D eigenvalue weighted by molar-refractivity contribution is 0.600. The van der Waals surface area contributed by atoms with Gasteiger partial charge in [0.15, 0.2) is 0 Å². The van der Waals surface area contributed by atoms with Crippen molar-refractivity contribution >= 4 is 38.4 Å². The molecular weight excluding hydrogens is 336 g/mol. The monoisotopic (exact) mass is 350 g/mol. The van der Waals surface area contributed by atoms with Crippen LogP contribution in [0.5, 0.6) is 0 Å². The van der Waals surface area contributed by atoms with E-state index < -0.39 is 10.0 Å². The third-order valence-electron chi connectivity index (χ3n) is 3.30. The highest BCUT2D eigenvalue weighted by Crippen LogP contribution is 2.30. The zero-order valence-electron chi connectivity index (χ0n) is 12.1. The standard InChI is InChI=1S/C15H14N2O2S3/c1-17(22(2,18)19)13-5-3-11(4-6-13)14-10-21-15(16-14)12-7-8-20-9-12/h3-10H,1-2H3. The quantitative estimate of drug-likeness (QED) is 0.716. The average Bonchev–Trinajstić information content (AvgIpc) is 3.16. The van der Waals surface area contributed by atoms with Crippen molar-refractivity contribution in [3.8, 4) is 21.8 Å². The summed E-state index contributed by atoms with van der Waals surface area (Å²) in [6.45, 7) is 0. The Labute approximate surface area is 137 Å². The Morgan fingerprint density at radius 1 is 1.05 bits per heavy atom. The van der Waals surface area contributed by atoms with Gasteiger partial charge in [0.1, 0.15) is 5.01 Å². The van der Waals surface area contributed by atoms with Crippen molar-refractivity contribution in [2.75, 3.05) is 17.6 Å². The average molecular weight is 350 g/mol. The first-order valence-electron chi connectivity index (χ1n) is 6.47. The van der Waals surface area contributed by atoms with Crippen LogP contribution >= 0.6 is 22.7 Å². The smallest absolute Gasteiger partial charge is 0.231 e. The molecule has 0 unspecified atom stereocenters. The van der Waals surface area contributed by atoms with E-state index in [1.165, 1.54) is 10.6 Å². The molecule has 2 heterocycles. The van der Waals surface area contributed by atoms with E-state index in [-0.39, 0.29) is 0 Å². The minimum atomic E-state index is -3.24. The summed E-state index contributed by atoms with van der Waals surface area (Å²) >= 11 is 3.26. The molecule has 0 N–H and O–H groups in total.